The molecule has 4 nitrogen and oxygen atoms in total. The van der Waals surface area contributed by atoms with Crippen molar-refractivity contribution in [2.75, 3.05) is 23.8 Å². The van der Waals surface area contributed by atoms with Crippen molar-refractivity contribution in [3.8, 4) is 0 Å². The van der Waals surface area contributed by atoms with Gasteiger partial charge in [0.15, 0.2) is 0 Å². The maximum atomic E-state index is 4.70. The van der Waals surface area contributed by atoms with Crippen molar-refractivity contribution >= 4 is 38.9 Å². The van der Waals surface area contributed by atoms with Crippen LogP contribution >= 0.6 is 27.3 Å². The molecule has 0 unspecified atom stereocenters. The number of aromatic nitrogens is 2. The minimum Gasteiger partial charge on any atom is -0.370 e. The Morgan fingerprint density at radius 3 is 2.67 bits per heavy atom. The fourth-order valence-electron chi connectivity index (χ4n) is 2.16. The summed E-state index contributed by atoms with van der Waals surface area (Å²) in [5.41, 5.74) is 1.10. The van der Waals surface area contributed by atoms with Gasteiger partial charge in [0.1, 0.15) is 17.5 Å². The largest absolute Gasteiger partial charge is 0.370 e. The van der Waals surface area contributed by atoms with E-state index in [4.69, 9.17) is 4.98 Å². The van der Waals surface area contributed by atoms with E-state index in [0.29, 0.717) is 0 Å². The molecule has 1 N–H and O–H groups in total. The van der Waals surface area contributed by atoms with Crippen molar-refractivity contribution in [3.05, 3.63) is 32.2 Å². The van der Waals surface area contributed by atoms with Crippen molar-refractivity contribution in [2.45, 2.75) is 33.7 Å². The fourth-order valence-corrected chi connectivity index (χ4v) is 3.67. The molecular weight excluding hydrogens is 348 g/mol. The van der Waals surface area contributed by atoms with Crippen molar-refractivity contribution in [1.82, 2.24) is 9.97 Å². The van der Waals surface area contributed by atoms with Crippen LogP contribution in [-0.4, -0.2) is 23.6 Å². The van der Waals surface area contributed by atoms with Crippen LogP contribution in [0.4, 0.5) is 11.6 Å². The second kappa shape index (κ2) is 7.22. The van der Waals surface area contributed by atoms with E-state index in [1.54, 1.807) is 11.3 Å². The second-order valence-corrected chi connectivity index (χ2v) is 6.82. The Kier molecular flexibility index (Phi) is 5.58. The summed E-state index contributed by atoms with van der Waals surface area (Å²) in [5, 5.41) is 5.44. The SMILES string of the molecule is CCNc1nc(CC)nc(N(C)Cc2cc(Br)cs2)c1C. The van der Waals surface area contributed by atoms with Gasteiger partial charge in [-0.15, -0.1) is 11.3 Å². The molecule has 0 aliphatic carbocycles. The molecule has 0 amide bonds. The first-order valence-electron chi connectivity index (χ1n) is 7.10. The minimum absolute atomic E-state index is 0.837. The molecule has 114 valence electrons. The van der Waals surface area contributed by atoms with Crippen LogP contribution < -0.4 is 10.2 Å². The highest BCUT2D eigenvalue weighted by atomic mass is 79.9. The summed E-state index contributed by atoms with van der Waals surface area (Å²) in [6.45, 7) is 7.96. The molecule has 6 heteroatoms. The van der Waals surface area contributed by atoms with E-state index in [0.717, 1.165) is 47.0 Å². The average Bonchev–Trinajstić information content (AvgIpc) is 2.86. The summed E-state index contributed by atoms with van der Waals surface area (Å²) in [5.74, 6) is 2.83. The van der Waals surface area contributed by atoms with Gasteiger partial charge in [-0.25, -0.2) is 9.97 Å². The van der Waals surface area contributed by atoms with Gasteiger partial charge in [-0.1, -0.05) is 6.92 Å². The van der Waals surface area contributed by atoms with Crippen LogP contribution in [0.25, 0.3) is 0 Å². The molecule has 0 spiro atoms. The molecule has 21 heavy (non-hydrogen) atoms. The van der Waals surface area contributed by atoms with Gasteiger partial charge in [0, 0.05) is 40.3 Å². The number of nitrogens with zero attached hydrogens (tertiary/aromatic N) is 3. The van der Waals surface area contributed by atoms with Crippen LogP contribution in [-0.2, 0) is 13.0 Å². The number of aryl methyl sites for hydroxylation is 1. The third-order valence-corrected chi connectivity index (χ3v) is 4.89. The van der Waals surface area contributed by atoms with Crippen LogP contribution in [0.5, 0.6) is 0 Å². The highest BCUT2D eigenvalue weighted by Gasteiger charge is 2.14. The Bertz CT molecular complexity index is 612. The Morgan fingerprint density at radius 1 is 1.33 bits per heavy atom. The lowest BCUT2D eigenvalue weighted by molar-refractivity contribution is 0.856. The summed E-state index contributed by atoms with van der Waals surface area (Å²) in [7, 11) is 2.08. The minimum atomic E-state index is 0.837. The highest BCUT2D eigenvalue weighted by Crippen LogP contribution is 2.26. The fraction of sp³-hybridized carbons (Fsp3) is 0.467. The Hall–Kier alpha value is -1.14. The molecule has 2 aromatic rings. The lowest BCUT2D eigenvalue weighted by atomic mass is 10.2. The number of halogens is 1. The standard InChI is InChI=1S/C15H21BrN4S/c1-5-13-18-14(17-6-2)10(3)15(19-13)20(4)8-12-7-11(16)9-21-12/h7,9H,5-6,8H2,1-4H3,(H,17,18,19). The number of hydrogen-bond donors (Lipinski definition) is 1. The molecule has 2 aromatic heterocycles. The lowest BCUT2D eigenvalue weighted by Crippen LogP contribution is -2.20. The number of nitrogens with one attached hydrogen (secondary N) is 1. The number of rotatable bonds is 6. The zero-order valence-electron chi connectivity index (χ0n) is 12.9. The Morgan fingerprint density at radius 2 is 2.10 bits per heavy atom. The topological polar surface area (TPSA) is 41.1 Å². The van der Waals surface area contributed by atoms with E-state index in [-0.39, 0.29) is 0 Å². The predicted molar refractivity (Wildman–Crippen MR) is 94.4 cm³/mol. The summed E-state index contributed by atoms with van der Waals surface area (Å²) in [4.78, 5) is 12.8. The van der Waals surface area contributed by atoms with E-state index in [2.05, 4.69) is 70.4 Å². The van der Waals surface area contributed by atoms with E-state index in [9.17, 15) is 0 Å². The highest BCUT2D eigenvalue weighted by molar-refractivity contribution is 9.10. The van der Waals surface area contributed by atoms with E-state index in [1.165, 1.54) is 4.88 Å². The molecule has 2 heterocycles. The zero-order chi connectivity index (χ0) is 15.4. The molecular formula is C15H21BrN4S. The maximum Gasteiger partial charge on any atom is 0.137 e. The van der Waals surface area contributed by atoms with Gasteiger partial charge in [0.05, 0.1) is 6.54 Å². The van der Waals surface area contributed by atoms with E-state index >= 15 is 0 Å². The molecule has 0 aliphatic rings. The van der Waals surface area contributed by atoms with Crippen molar-refractivity contribution in [3.63, 3.8) is 0 Å². The van der Waals surface area contributed by atoms with Crippen LogP contribution in [0.1, 0.15) is 30.1 Å². The average molecular weight is 369 g/mol. The first-order chi connectivity index (χ1) is 10.0. The lowest BCUT2D eigenvalue weighted by Gasteiger charge is -2.22. The van der Waals surface area contributed by atoms with Gasteiger partial charge in [-0.05, 0) is 35.8 Å². The van der Waals surface area contributed by atoms with Gasteiger partial charge in [-0.2, -0.15) is 0 Å². The number of hydrogen-bond acceptors (Lipinski definition) is 5. The molecule has 0 fully saturated rings. The van der Waals surface area contributed by atoms with E-state index in [1.807, 2.05) is 0 Å². The van der Waals surface area contributed by atoms with Crippen LogP contribution in [0.2, 0.25) is 0 Å². The van der Waals surface area contributed by atoms with Crippen LogP contribution in [0, 0.1) is 6.92 Å². The van der Waals surface area contributed by atoms with Gasteiger partial charge in [0.25, 0.3) is 0 Å². The Balaban J connectivity index is 2.30. The normalized spacial score (nSPS) is 10.7. The van der Waals surface area contributed by atoms with Crippen LogP contribution in [0.3, 0.4) is 0 Å². The molecule has 0 saturated heterocycles. The summed E-state index contributed by atoms with van der Waals surface area (Å²) in [6, 6.07) is 2.16. The number of thiophene rings is 1. The second-order valence-electron chi connectivity index (χ2n) is 4.91. The summed E-state index contributed by atoms with van der Waals surface area (Å²) >= 11 is 5.26. The van der Waals surface area contributed by atoms with Crippen LogP contribution in [0.15, 0.2) is 15.9 Å². The third-order valence-electron chi connectivity index (χ3n) is 3.20. The van der Waals surface area contributed by atoms with Gasteiger partial charge >= 0.3 is 0 Å². The smallest absolute Gasteiger partial charge is 0.137 e. The van der Waals surface area contributed by atoms with Crippen molar-refractivity contribution in [2.24, 2.45) is 0 Å². The third kappa shape index (κ3) is 3.95. The molecule has 0 aromatic carbocycles. The van der Waals surface area contributed by atoms with E-state index < -0.39 is 0 Å². The van der Waals surface area contributed by atoms with Crippen molar-refractivity contribution < 1.29 is 0 Å². The number of anilines is 2. The molecule has 0 bridgehead atoms. The Labute approximate surface area is 138 Å². The molecule has 0 saturated carbocycles. The first-order valence-corrected chi connectivity index (χ1v) is 8.77. The summed E-state index contributed by atoms with van der Waals surface area (Å²) in [6.07, 6.45) is 0.837. The summed E-state index contributed by atoms with van der Waals surface area (Å²) < 4.78 is 1.14. The van der Waals surface area contributed by atoms with Gasteiger partial charge < -0.3 is 10.2 Å². The molecule has 0 radical (unpaired) electrons. The molecule has 0 aliphatic heterocycles. The van der Waals surface area contributed by atoms with Crippen molar-refractivity contribution in [1.29, 1.82) is 0 Å². The first kappa shape index (κ1) is 16.2. The van der Waals surface area contributed by atoms with Gasteiger partial charge in [0.2, 0.25) is 0 Å². The predicted octanol–water partition coefficient (Wildman–Crippen LogP) is 4.24. The monoisotopic (exact) mass is 368 g/mol. The quantitative estimate of drug-likeness (QED) is 0.827. The van der Waals surface area contributed by atoms with Gasteiger partial charge in [-0.3, -0.25) is 0 Å². The molecule has 2 rings (SSSR count). The zero-order valence-corrected chi connectivity index (χ0v) is 15.3. The maximum absolute atomic E-state index is 4.70. The molecule has 0 atom stereocenters.